The van der Waals surface area contributed by atoms with Gasteiger partial charge in [0.25, 0.3) is 5.91 Å². The number of benzene rings is 1. The molecule has 0 radical (unpaired) electrons. The van der Waals surface area contributed by atoms with Crippen molar-refractivity contribution in [3.8, 4) is 11.5 Å². The van der Waals surface area contributed by atoms with E-state index in [-0.39, 0.29) is 11.9 Å². The van der Waals surface area contributed by atoms with Crippen LogP contribution in [0.2, 0.25) is 0 Å². The van der Waals surface area contributed by atoms with Crippen molar-refractivity contribution in [1.82, 2.24) is 19.6 Å². The van der Waals surface area contributed by atoms with Crippen molar-refractivity contribution < 1.29 is 14.3 Å². The molecule has 0 N–H and O–H groups in total. The lowest BCUT2D eigenvalue weighted by Crippen LogP contribution is -2.48. The first-order valence-corrected chi connectivity index (χ1v) is 9.29. The maximum absolute atomic E-state index is 12.8. The number of amides is 1. The van der Waals surface area contributed by atoms with Crippen LogP contribution in [0.3, 0.4) is 0 Å². The van der Waals surface area contributed by atoms with Crippen LogP contribution < -0.4 is 9.47 Å². The summed E-state index contributed by atoms with van der Waals surface area (Å²) in [5.74, 6) is 1.73. The van der Waals surface area contributed by atoms with Gasteiger partial charge in [-0.25, -0.2) is 0 Å². The number of methoxy groups -OCH3 is 2. The zero-order valence-corrected chi connectivity index (χ0v) is 16.5. The minimum atomic E-state index is 0.0554. The van der Waals surface area contributed by atoms with E-state index in [2.05, 4.69) is 10.00 Å². The molecule has 0 unspecified atom stereocenters. The lowest BCUT2D eigenvalue weighted by atomic mass is 10.1. The summed E-state index contributed by atoms with van der Waals surface area (Å²) in [4.78, 5) is 17.1. The van der Waals surface area contributed by atoms with Gasteiger partial charge < -0.3 is 14.4 Å². The van der Waals surface area contributed by atoms with Crippen LogP contribution in [0.4, 0.5) is 0 Å². The number of carbonyl (C=O) groups is 1. The summed E-state index contributed by atoms with van der Waals surface area (Å²) < 4.78 is 12.6. The van der Waals surface area contributed by atoms with Gasteiger partial charge in [-0.2, -0.15) is 5.10 Å². The van der Waals surface area contributed by atoms with Gasteiger partial charge in [-0.1, -0.05) is 0 Å². The second kappa shape index (κ2) is 8.43. The smallest absolute Gasteiger partial charge is 0.272 e. The molecule has 1 aliphatic rings. The summed E-state index contributed by atoms with van der Waals surface area (Å²) in [6, 6.07) is 7.81. The van der Waals surface area contributed by atoms with E-state index in [1.165, 1.54) is 0 Å². The van der Waals surface area contributed by atoms with E-state index in [1.54, 1.807) is 31.2 Å². The Morgan fingerprint density at radius 3 is 2.48 bits per heavy atom. The number of piperazine rings is 1. The van der Waals surface area contributed by atoms with Crippen molar-refractivity contribution in [2.75, 3.05) is 40.4 Å². The molecule has 0 saturated carbocycles. The molecule has 1 saturated heterocycles. The van der Waals surface area contributed by atoms with E-state index >= 15 is 0 Å². The number of nitrogens with zero attached hydrogens (tertiary/aromatic N) is 4. The molecule has 0 atom stereocenters. The van der Waals surface area contributed by atoms with Gasteiger partial charge >= 0.3 is 0 Å². The van der Waals surface area contributed by atoms with Crippen LogP contribution >= 0.6 is 0 Å². The highest BCUT2D eigenvalue weighted by atomic mass is 16.5. The van der Waals surface area contributed by atoms with Crippen molar-refractivity contribution in [1.29, 1.82) is 0 Å². The van der Waals surface area contributed by atoms with Crippen molar-refractivity contribution in [2.45, 2.75) is 26.4 Å². The molecule has 1 fully saturated rings. The Balaban J connectivity index is 1.62. The van der Waals surface area contributed by atoms with E-state index in [0.717, 1.165) is 36.7 Å². The fourth-order valence-corrected chi connectivity index (χ4v) is 3.41. The summed E-state index contributed by atoms with van der Waals surface area (Å²) in [6.45, 7) is 7.88. The quantitative estimate of drug-likeness (QED) is 0.779. The topological polar surface area (TPSA) is 59.8 Å². The Labute approximate surface area is 160 Å². The third kappa shape index (κ3) is 4.24. The van der Waals surface area contributed by atoms with Crippen LogP contribution in [0.5, 0.6) is 11.5 Å². The Morgan fingerprint density at radius 2 is 1.85 bits per heavy atom. The van der Waals surface area contributed by atoms with Gasteiger partial charge in [0.05, 0.1) is 14.2 Å². The molecule has 27 heavy (non-hydrogen) atoms. The van der Waals surface area contributed by atoms with E-state index in [1.807, 2.05) is 36.9 Å². The minimum absolute atomic E-state index is 0.0554. The third-order valence-corrected chi connectivity index (χ3v) is 4.92. The van der Waals surface area contributed by atoms with Crippen LogP contribution in [-0.4, -0.2) is 65.9 Å². The van der Waals surface area contributed by atoms with Crippen molar-refractivity contribution in [3.05, 3.63) is 41.7 Å². The molecule has 2 heterocycles. The highest BCUT2D eigenvalue weighted by Crippen LogP contribution is 2.25. The fraction of sp³-hybridized carbons (Fsp3) is 0.500. The second-order valence-corrected chi connectivity index (χ2v) is 7.00. The van der Waals surface area contributed by atoms with Gasteiger partial charge in [-0.3, -0.25) is 14.4 Å². The first kappa shape index (κ1) is 19.2. The maximum atomic E-state index is 12.8. The molecule has 1 amide bonds. The van der Waals surface area contributed by atoms with Crippen LogP contribution in [0.15, 0.2) is 30.5 Å². The third-order valence-electron chi connectivity index (χ3n) is 4.92. The number of aromatic nitrogens is 2. The van der Waals surface area contributed by atoms with E-state index < -0.39 is 0 Å². The molecule has 0 spiro atoms. The van der Waals surface area contributed by atoms with Gasteiger partial charge in [0, 0.05) is 50.5 Å². The highest BCUT2D eigenvalue weighted by molar-refractivity contribution is 5.92. The lowest BCUT2D eigenvalue weighted by molar-refractivity contribution is 0.0613. The largest absolute Gasteiger partial charge is 0.497 e. The van der Waals surface area contributed by atoms with Crippen molar-refractivity contribution >= 4 is 5.91 Å². The van der Waals surface area contributed by atoms with Gasteiger partial charge in [0.15, 0.2) is 0 Å². The first-order chi connectivity index (χ1) is 13.0. The number of carbonyl (C=O) groups excluding carboxylic acids is 1. The summed E-state index contributed by atoms with van der Waals surface area (Å²) in [5.41, 5.74) is 1.75. The molecular formula is C20H28N4O3. The molecule has 1 aromatic heterocycles. The summed E-state index contributed by atoms with van der Waals surface area (Å²) in [7, 11) is 3.34. The zero-order valence-electron chi connectivity index (χ0n) is 16.5. The number of ether oxygens (including phenoxy) is 2. The van der Waals surface area contributed by atoms with Gasteiger partial charge in [-0.15, -0.1) is 0 Å². The molecule has 7 nitrogen and oxygen atoms in total. The second-order valence-electron chi connectivity index (χ2n) is 7.00. The van der Waals surface area contributed by atoms with E-state index in [4.69, 9.17) is 9.47 Å². The molecule has 2 aromatic rings. The number of hydrogen-bond donors (Lipinski definition) is 0. The van der Waals surface area contributed by atoms with Gasteiger partial charge in [-0.05, 0) is 38.1 Å². The molecule has 1 aromatic carbocycles. The molecular weight excluding hydrogens is 344 g/mol. The minimum Gasteiger partial charge on any atom is -0.497 e. The molecule has 146 valence electrons. The van der Waals surface area contributed by atoms with Crippen molar-refractivity contribution in [3.63, 3.8) is 0 Å². The van der Waals surface area contributed by atoms with Crippen LogP contribution in [-0.2, 0) is 6.54 Å². The van der Waals surface area contributed by atoms with Crippen LogP contribution in [0, 0.1) is 0 Å². The van der Waals surface area contributed by atoms with Gasteiger partial charge in [0.2, 0.25) is 0 Å². The van der Waals surface area contributed by atoms with Crippen LogP contribution in [0.1, 0.15) is 35.9 Å². The average Bonchev–Trinajstić information content (AvgIpc) is 3.18. The summed E-state index contributed by atoms with van der Waals surface area (Å²) in [5, 5.41) is 4.27. The van der Waals surface area contributed by atoms with Crippen molar-refractivity contribution in [2.24, 2.45) is 0 Å². The lowest BCUT2D eigenvalue weighted by Gasteiger charge is -2.35. The molecule has 0 bridgehead atoms. The monoisotopic (exact) mass is 372 g/mol. The Morgan fingerprint density at radius 1 is 1.11 bits per heavy atom. The first-order valence-electron chi connectivity index (χ1n) is 9.29. The molecule has 1 aliphatic heterocycles. The maximum Gasteiger partial charge on any atom is 0.272 e. The predicted molar refractivity (Wildman–Crippen MR) is 103 cm³/mol. The zero-order chi connectivity index (χ0) is 19.4. The van der Waals surface area contributed by atoms with Gasteiger partial charge in [0.1, 0.15) is 17.2 Å². The fourth-order valence-electron chi connectivity index (χ4n) is 3.41. The normalized spacial score (nSPS) is 15.2. The van der Waals surface area contributed by atoms with E-state index in [9.17, 15) is 4.79 Å². The summed E-state index contributed by atoms with van der Waals surface area (Å²) >= 11 is 0. The highest BCUT2D eigenvalue weighted by Gasteiger charge is 2.25. The average molecular weight is 372 g/mol. The number of rotatable bonds is 6. The standard InChI is InChI=1S/C20H28N4O3/c1-15(2)24-18(7-8-21-24)20(25)23-11-9-22(10-12-23)14-16-13-17(26-3)5-6-19(16)27-4/h5-8,13,15H,9-12,14H2,1-4H3. The van der Waals surface area contributed by atoms with E-state index in [0.29, 0.717) is 18.8 Å². The SMILES string of the molecule is COc1ccc(OC)c(CN2CCN(C(=O)c3ccnn3C(C)C)CC2)c1. The summed E-state index contributed by atoms with van der Waals surface area (Å²) in [6.07, 6.45) is 1.69. The Hall–Kier alpha value is -2.54. The molecule has 0 aliphatic carbocycles. The molecule has 7 heteroatoms. The van der Waals surface area contributed by atoms with Crippen LogP contribution in [0.25, 0.3) is 0 Å². The number of hydrogen-bond acceptors (Lipinski definition) is 5. The Bertz CT molecular complexity index is 779. The molecule has 3 rings (SSSR count). The predicted octanol–water partition coefficient (Wildman–Crippen LogP) is 2.44. The Kier molecular flexibility index (Phi) is 6.01.